The minimum atomic E-state index is 0.500. The number of aryl methyl sites for hydroxylation is 1. The quantitative estimate of drug-likeness (QED) is 0.785. The smallest absolute Gasteiger partial charge is 0.127 e. The largest absolute Gasteiger partial charge is 0.384 e. The molecule has 0 fully saturated rings. The second-order valence-corrected chi connectivity index (χ2v) is 4.29. The van der Waals surface area contributed by atoms with Gasteiger partial charge in [0, 0.05) is 11.0 Å². The lowest BCUT2D eigenvalue weighted by atomic mass is 10.2. The van der Waals surface area contributed by atoms with Gasteiger partial charge in [0.25, 0.3) is 0 Å². The monoisotopic (exact) mass is 217 g/mol. The van der Waals surface area contributed by atoms with E-state index in [0.29, 0.717) is 5.82 Å². The van der Waals surface area contributed by atoms with Gasteiger partial charge in [0.05, 0.1) is 0 Å². The van der Waals surface area contributed by atoms with Gasteiger partial charge in [-0.15, -0.1) is 0 Å². The number of benzene rings is 1. The highest BCUT2D eigenvalue weighted by molar-refractivity contribution is 7.99. The molecule has 0 spiro atoms. The van der Waals surface area contributed by atoms with Gasteiger partial charge in [0.15, 0.2) is 0 Å². The molecule has 2 aromatic rings. The van der Waals surface area contributed by atoms with Crippen LogP contribution in [0.1, 0.15) is 5.56 Å². The van der Waals surface area contributed by atoms with Crippen LogP contribution in [0, 0.1) is 6.92 Å². The van der Waals surface area contributed by atoms with Gasteiger partial charge in [-0.2, -0.15) is 0 Å². The SMILES string of the molecule is Cc1cccc(Sc2cc(N)ncn2)c1. The maximum Gasteiger partial charge on any atom is 0.127 e. The summed E-state index contributed by atoms with van der Waals surface area (Å²) >= 11 is 1.58. The van der Waals surface area contributed by atoms with Crippen molar-refractivity contribution in [3.8, 4) is 0 Å². The van der Waals surface area contributed by atoms with E-state index in [-0.39, 0.29) is 0 Å². The molecule has 0 radical (unpaired) electrons. The number of rotatable bonds is 2. The van der Waals surface area contributed by atoms with E-state index in [9.17, 15) is 0 Å². The third-order valence-corrected chi connectivity index (χ3v) is 2.80. The second kappa shape index (κ2) is 4.31. The summed E-state index contributed by atoms with van der Waals surface area (Å²) < 4.78 is 0. The summed E-state index contributed by atoms with van der Waals surface area (Å²) in [4.78, 5) is 9.15. The number of nitrogens with two attached hydrogens (primary N) is 1. The Morgan fingerprint density at radius 1 is 1.20 bits per heavy atom. The third-order valence-electron chi connectivity index (χ3n) is 1.88. The van der Waals surface area contributed by atoms with Crippen molar-refractivity contribution in [1.29, 1.82) is 0 Å². The van der Waals surface area contributed by atoms with Crippen molar-refractivity contribution >= 4 is 17.6 Å². The first-order valence-electron chi connectivity index (χ1n) is 4.56. The van der Waals surface area contributed by atoms with Gasteiger partial charge in [0.2, 0.25) is 0 Å². The van der Waals surface area contributed by atoms with Crippen LogP contribution in [0.15, 0.2) is 46.6 Å². The molecule has 0 aliphatic heterocycles. The first-order valence-corrected chi connectivity index (χ1v) is 5.38. The highest BCUT2D eigenvalue weighted by Gasteiger charge is 1.99. The summed E-state index contributed by atoms with van der Waals surface area (Å²) in [5.41, 5.74) is 6.82. The highest BCUT2D eigenvalue weighted by Crippen LogP contribution is 2.26. The molecule has 2 rings (SSSR count). The standard InChI is InChI=1S/C11H11N3S/c1-8-3-2-4-9(5-8)15-11-6-10(12)13-7-14-11/h2-7H,1H3,(H2,12,13,14). The molecule has 0 saturated carbocycles. The lowest BCUT2D eigenvalue weighted by Gasteiger charge is -2.01. The van der Waals surface area contributed by atoms with Crippen LogP contribution in [-0.2, 0) is 0 Å². The Hall–Kier alpha value is -1.55. The van der Waals surface area contributed by atoms with E-state index < -0.39 is 0 Å². The van der Waals surface area contributed by atoms with E-state index in [1.165, 1.54) is 11.9 Å². The lowest BCUT2D eigenvalue weighted by Crippen LogP contribution is -1.91. The summed E-state index contributed by atoms with van der Waals surface area (Å²) in [5.74, 6) is 0.500. The van der Waals surface area contributed by atoms with Crippen molar-refractivity contribution in [2.24, 2.45) is 0 Å². The number of nitrogens with zero attached hydrogens (tertiary/aromatic N) is 2. The van der Waals surface area contributed by atoms with Crippen LogP contribution in [0.4, 0.5) is 5.82 Å². The number of anilines is 1. The van der Waals surface area contributed by atoms with Gasteiger partial charge < -0.3 is 5.73 Å². The van der Waals surface area contributed by atoms with E-state index >= 15 is 0 Å². The fraction of sp³-hybridized carbons (Fsp3) is 0.0909. The van der Waals surface area contributed by atoms with E-state index in [2.05, 4.69) is 35.1 Å². The summed E-state index contributed by atoms with van der Waals surface area (Å²) in [6.45, 7) is 2.07. The van der Waals surface area contributed by atoms with Crippen LogP contribution in [0.3, 0.4) is 0 Å². The van der Waals surface area contributed by atoms with Crippen LogP contribution in [0.25, 0.3) is 0 Å². The molecule has 1 heterocycles. The molecular formula is C11H11N3S. The van der Waals surface area contributed by atoms with Gasteiger partial charge in [-0.3, -0.25) is 0 Å². The molecule has 2 N–H and O–H groups in total. The molecule has 1 aromatic heterocycles. The molecule has 0 saturated heterocycles. The van der Waals surface area contributed by atoms with Crippen LogP contribution >= 0.6 is 11.8 Å². The Balaban J connectivity index is 2.22. The molecule has 0 bridgehead atoms. The molecule has 76 valence electrons. The zero-order valence-corrected chi connectivity index (χ0v) is 9.16. The molecule has 0 unspecified atom stereocenters. The predicted octanol–water partition coefficient (Wildman–Crippen LogP) is 2.52. The van der Waals surface area contributed by atoms with Crippen molar-refractivity contribution in [3.05, 3.63) is 42.2 Å². The predicted molar refractivity (Wildman–Crippen MR) is 61.7 cm³/mol. The molecule has 0 aliphatic carbocycles. The minimum Gasteiger partial charge on any atom is -0.384 e. The Kier molecular flexibility index (Phi) is 2.87. The summed E-state index contributed by atoms with van der Waals surface area (Å²) in [6, 6.07) is 10.0. The van der Waals surface area contributed by atoms with Crippen molar-refractivity contribution in [2.45, 2.75) is 16.8 Å². The summed E-state index contributed by atoms with van der Waals surface area (Å²) in [5, 5.41) is 0.869. The zero-order chi connectivity index (χ0) is 10.7. The van der Waals surface area contributed by atoms with Crippen molar-refractivity contribution < 1.29 is 0 Å². The van der Waals surface area contributed by atoms with Crippen LogP contribution in [-0.4, -0.2) is 9.97 Å². The molecule has 4 heteroatoms. The molecule has 0 aliphatic rings. The average Bonchev–Trinajstić information content (AvgIpc) is 2.17. The molecular weight excluding hydrogens is 206 g/mol. The maximum absolute atomic E-state index is 5.58. The molecule has 0 amide bonds. The van der Waals surface area contributed by atoms with E-state index in [1.54, 1.807) is 17.8 Å². The number of aromatic nitrogens is 2. The molecule has 3 nitrogen and oxygen atoms in total. The second-order valence-electron chi connectivity index (χ2n) is 3.20. The van der Waals surface area contributed by atoms with Crippen LogP contribution < -0.4 is 5.73 Å². The normalized spacial score (nSPS) is 10.2. The van der Waals surface area contributed by atoms with Crippen LogP contribution in [0.2, 0.25) is 0 Å². The van der Waals surface area contributed by atoms with Gasteiger partial charge in [0.1, 0.15) is 17.2 Å². The first kappa shape index (κ1) is 9.98. The van der Waals surface area contributed by atoms with Gasteiger partial charge in [-0.05, 0) is 19.1 Å². The van der Waals surface area contributed by atoms with Crippen molar-refractivity contribution in [1.82, 2.24) is 9.97 Å². The maximum atomic E-state index is 5.58. The first-order chi connectivity index (χ1) is 7.24. The average molecular weight is 217 g/mol. The fourth-order valence-corrected chi connectivity index (χ4v) is 2.12. The van der Waals surface area contributed by atoms with Gasteiger partial charge >= 0.3 is 0 Å². The fourth-order valence-electron chi connectivity index (χ4n) is 1.21. The summed E-state index contributed by atoms with van der Waals surface area (Å²) in [6.07, 6.45) is 1.48. The number of nitrogen functional groups attached to an aromatic ring is 1. The Labute approximate surface area is 92.8 Å². The minimum absolute atomic E-state index is 0.500. The van der Waals surface area contributed by atoms with Crippen LogP contribution in [0.5, 0.6) is 0 Å². The topological polar surface area (TPSA) is 51.8 Å². The van der Waals surface area contributed by atoms with Crippen molar-refractivity contribution in [3.63, 3.8) is 0 Å². The highest BCUT2D eigenvalue weighted by atomic mass is 32.2. The van der Waals surface area contributed by atoms with E-state index in [0.717, 1.165) is 9.92 Å². The summed E-state index contributed by atoms with van der Waals surface area (Å²) in [7, 11) is 0. The van der Waals surface area contributed by atoms with Gasteiger partial charge in [-0.25, -0.2) is 9.97 Å². The number of hydrogen-bond acceptors (Lipinski definition) is 4. The van der Waals surface area contributed by atoms with E-state index in [4.69, 9.17) is 5.73 Å². The number of hydrogen-bond donors (Lipinski definition) is 1. The van der Waals surface area contributed by atoms with Crippen molar-refractivity contribution in [2.75, 3.05) is 5.73 Å². The Morgan fingerprint density at radius 3 is 2.80 bits per heavy atom. The Bertz CT molecular complexity index is 427. The zero-order valence-electron chi connectivity index (χ0n) is 8.34. The molecule has 0 atom stereocenters. The third kappa shape index (κ3) is 2.70. The lowest BCUT2D eigenvalue weighted by molar-refractivity contribution is 1.05. The molecule has 15 heavy (non-hydrogen) atoms. The van der Waals surface area contributed by atoms with E-state index in [1.807, 2.05) is 6.07 Å². The van der Waals surface area contributed by atoms with Gasteiger partial charge in [-0.1, -0.05) is 29.5 Å². The molecule has 1 aromatic carbocycles. The Morgan fingerprint density at radius 2 is 2.07 bits per heavy atom.